The van der Waals surface area contributed by atoms with Crippen molar-refractivity contribution in [3.05, 3.63) is 65.7 Å². The van der Waals surface area contributed by atoms with Gasteiger partial charge in [-0.2, -0.15) is 13.2 Å². The Hall–Kier alpha value is -2.54. The Balaban J connectivity index is 1.52. The molecule has 1 unspecified atom stereocenters. The second kappa shape index (κ2) is 8.65. The number of piperazine rings is 1. The van der Waals surface area contributed by atoms with Crippen LogP contribution in [0, 0.1) is 0 Å². The summed E-state index contributed by atoms with van der Waals surface area (Å²) in [7, 11) is 0. The molecule has 2 aromatic rings. The fourth-order valence-electron chi connectivity index (χ4n) is 3.34. The predicted octanol–water partition coefficient (Wildman–Crippen LogP) is 3.53. The van der Waals surface area contributed by atoms with E-state index in [0.29, 0.717) is 38.4 Å². The summed E-state index contributed by atoms with van der Waals surface area (Å²) >= 11 is 0. The molecule has 0 radical (unpaired) electrons. The molecule has 1 fully saturated rings. The molecular weight excluding hydrogens is 367 g/mol. The van der Waals surface area contributed by atoms with E-state index in [-0.39, 0.29) is 11.9 Å². The monoisotopic (exact) mass is 391 g/mol. The molecule has 1 heterocycles. The maximum Gasteiger partial charge on any atom is 0.416 e. The average Bonchev–Trinajstić information content (AvgIpc) is 2.72. The van der Waals surface area contributed by atoms with Crippen molar-refractivity contribution < 1.29 is 18.0 Å². The van der Waals surface area contributed by atoms with Crippen molar-refractivity contribution in [1.82, 2.24) is 10.2 Å². The van der Waals surface area contributed by atoms with Crippen LogP contribution >= 0.6 is 0 Å². The van der Waals surface area contributed by atoms with Crippen molar-refractivity contribution in [2.45, 2.75) is 25.7 Å². The Labute approximate surface area is 162 Å². The van der Waals surface area contributed by atoms with Crippen molar-refractivity contribution in [3.8, 4) is 0 Å². The molecule has 3 rings (SSSR count). The summed E-state index contributed by atoms with van der Waals surface area (Å²) in [6.45, 7) is 4.75. The van der Waals surface area contributed by atoms with Crippen LogP contribution in [-0.4, -0.2) is 43.0 Å². The third kappa shape index (κ3) is 5.04. The smallest absolute Gasteiger partial charge is 0.369 e. The van der Waals surface area contributed by atoms with Gasteiger partial charge in [-0.05, 0) is 30.7 Å². The van der Waals surface area contributed by atoms with E-state index < -0.39 is 11.7 Å². The molecule has 1 atom stereocenters. The lowest BCUT2D eigenvalue weighted by Crippen LogP contribution is -2.53. The first-order valence-electron chi connectivity index (χ1n) is 9.32. The van der Waals surface area contributed by atoms with Gasteiger partial charge in [0.25, 0.3) is 0 Å². The topological polar surface area (TPSA) is 35.6 Å². The van der Waals surface area contributed by atoms with Gasteiger partial charge in [0.05, 0.1) is 11.6 Å². The van der Waals surface area contributed by atoms with Gasteiger partial charge in [0.15, 0.2) is 0 Å². The number of benzene rings is 2. The van der Waals surface area contributed by atoms with Crippen molar-refractivity contribution in [1.29, 1.82) is 0 Å². The number of hydrogen-bond donors (Lipinski definition) is 1. The van der Waals surface area contributed by atoms with Crippen LogP contribution in [0.1, 0.15) is 18.1 Å². The Morgan fingerprint density at radius 1 is 1.04 bits per heavy atom. The first-order valence-corrected chi connectivity index (χ1v) is 9.32. The second-order valence-electron chi connectivity index (χ2n) is 6.95. The van der Waals surface area contributed by atoms with Gasteiger partial charge in [-0.25, -0.2) is 0 Å². The number of carbonyl (C=O) groups is 1. The van der Waals surface area contributed by atoms with Crippen LogP contribution in [0.3, 0.4) is 0 Å². The van der Waals surface area contributed by atoms with Gasteiger partial charge in [-0.1, -0.05) is 36.4 Å². The van der Waals surface area contributed by atoms with Gasteiger partial charge in [0.1, 0.15) is 0 Å². The maximum absolute atomic E-state index is 12.9. The van der Waals surface area contributed by atoms with Crippen LogP contribution in [0.2, 0.25) is 0 Å². The van der Waals surface area contributed by atoms with Crippen LogP contribution in [-0.2, 0) is 17.5 Å². The van der Waals surface area contributed by atoms with Crippen LogP contribution in [0.5, 0.6) is 0 Å². The molecule has 7 heteroatoms. The summed E-state index contributed by atoms with van der Waals surface area (Å²) in [6.07, 6.45) is -4.34. The molecule has 0 aliphatic carbocycles. The minimum atomic E-state index is -4.34. The first kappa shape index (κ1) is 20.2. The number of nitrogens with zero attached hydrogens (tertiary/aromatic N) is 2. The van der Waals surface area contributed by atoms with Gasteiger partial charge >= 0.3 is 6.18 Å². The number of carbonyl (C=O) groups excluding carboxylic acids is 1. The Kier molecular flexibility index (Phi) is 6.24. The van der Waals surface area contributed by atoms with E-state index in [0.717, 1.165) is 11.6 Å². The molecule has 2 aromatic carbocycles. The summed E-state index contributed by atoms with van der Waals surface area (Å²) in [4.78, 5) is 16.4. The zero-order valence-corrected chi connectivity index (χ0v) is 15.7. The lowest BCUT2D eigenvalue weighted by atomic mass is 10.1. The van der Waals surface area contributed by atoms with E-state index in [1.54, 1.807) is 6.07 Å². The fraction of sp³-hybridized carbons (Fsp3) is 0.381. The van der Waals surface area contributed by atoms with E-state index in [1.807, 2.05) is 42.2 Å². The van der Waals surface area contributed by atoms with E-state index in [4.69, 9.17) is 0 Å². The maximum atomic E-state index is 12.9. The fourth-order valence-corrected chi connectivity index (χ4v) is 3.34. The van der Waals surface area contributed by atoms with E-state index in [9.17, 15) is 18.0 Å². The normalized spacial score (nSPS) is 16.6. The van der Waals surface area contributed by atoms with Gasteiger partial charge in [-0.3, -0.25) is 9.69 Å². The highest BCUT2D eigenvalue weighted by atomic mass is 19.4. The zero-order valence-electron chi connectivity index (χ0n) is 15.7. The molecule has 1 aliphatic heterocycles. The molecule has 0 aromatic heterocycles. The highest BCUT2D eigenvalue weighted by Crippen LogP contribution is 2.31. The number of alkyl halides is 3. The van der Waals surface area contributed by atoms with Crippen molar-refractivity contribution in [3.63, 3.8) is 0 Å². The minimum absolute atomic E-state index is 0.0450. The van der Waals surface area contributed by atoms with Crippen molar-refractivity contribution in [2.75, 3.05) is 31.1 Å². The quantitative estimate of drug-likeness (QED) is 0.847. The lowest BCUT2D eigenvalue weighted by molar-refractivity contribution is -0.137. The SMILES string of the molecule is CC(C(=O)NCc1ccccc1)N1CCN(c2cccc(C(F)(F)F)c2)CC1. The molecule has 0 bridgehead atoms. The highest BCUT2D eigenvalue weighted by Gasteiger charge is 2.31. The molecule has 150 valence electrons. The minimum Gasteiger partial charge on any atom is -0.369 e. The third-order valence-corrected chi connectivity index (χ3v) is 5.09. The molecule has 1 saturated heterocycles. The van der Waals surface area contributed by atoms with Gasteiger partial charge < -0.3 is 10.2 Å². The standard InChI is InChI=1S/C21H24F3N3O/c1-16(20(28)25-15-17-6-3-2-4-7-17)26-10-12-27(13-11-26)19-9-5-8-18(14-19)21(22,23)24/h2-9,14,16H,10-13,15H2,1H3,(H,25,28). The first-order chi connectivity index (χ1) is 13.3. The molecule has 1 amide bonds. The molecule has 0 spiro atoms. The Morgan fingerprint density at radius 3 is 2.36 bits per heavy atom. The molecule has 28 heavy (non-hydrogen) atoms. The summed E-state index contributed by atoms with van der Waals surface area (Å²) in [6, 6.07) is 14.8. The highest BCUT2D eigenvalue weighted by molar-refractivity contribution is 5.81. The lowest BCUT2D eigenvalue weighted by Gasteiger charge is -2.38. The molecule has 1 N–H and O–H groups in total. The molecule has 1 aliphatic rings. The summed E-state index contributed by atoms with van der Waals surface area (Å²) in [5.41, 5.74) is 0.967. The average molecular weight is 391 g/mol. The van der Waals surface area contributed by atoms with Crippen LogP contribution in [0.4, 0.5) is 18.9 Å². The zero-order chi connectivity index (χ0) is 20.1. The summed E-state index contributed by atoms with van der Waals surface area (Å²) in [5, 5.41) is 2.94. The van der Waals surface area contributed by atoms with Crippen LogP contribution in [0.25, 0.3) is 0 Å². The van der Waals surface area contributed by atoms with Gasteiger partial charge in [0, 0.05) is 38.4 Å². The number of rotatable bonds is 5. The third-order valence-electron chi connectivity index (χ3n) is 5.09. The number of hydrogen-bond acceptors (Lipinski definition) is 3. The predicted molar refractivity (Wildman–Crippen MR) is 103 cm³/mol. The number of amides is 1. The number of halogens is 3. The van der Waals surface area contributed by atoms with Crippen LogP contribution in [0.15, 0.2) is 54.6 Å². The van der Waals surface area contributed by atoms with Gasteiger partial charge in [-0.15, -0.1) is 0 Å². The van der Waals surface area contributed by atoms with E-state index >= 15 is 0 Å². The van der Waals surface area contributed by atoms with Crippen molar-refractivity contribution >= 4 is 11.6 Å². The van der Waals surface area contributed by atoms with Crippen molar-refractivity contribution in [2.24, 2.45) is 0 Å². The molecule has 0 saturated carbocycles. The largest absolute Gasteiger partial charge is 0.416 e. The Morgan fingerprint density at radius 2 is 1.71 bits per heavy atom. The van der Waals surface area contributed by atoms with Gasteiger partial charge in [0.2, 0.25) is 5.91 Å². The number of anilines is 1. The molecule has 4 nitrogen and oxygen atoms in total. The second-order valence-corrected chi connectivity index (χ2v) is 6.95. The Bertz CT molecular complexity index is 787. The summed E-state index contributed by atoms with van der Waals surface area (Å²) in [5.74, 6) is -0.0450. The molecular formula is C21H24F3N3O. The van der Waals surface area contributed by atoms with Crippen LogP contribution < -0.4 is 10.2 Å². The summed E-state index contributed by atoms with van der Waals surface area (Å²) < 4.78 is 38.7. The van der Waals surface area contributed by atoms with E-state index in [2.05, 4.69) is 10.2 Å². The number of nitrogens with one attached hydrogen (secondary N) is 1. The van der Waals surface area contributed by atoms with E-state index in [1.165, 1.54) is 12.1 Å².